The summed E-state index contributed by atoms with van der Waals surface area (Å²) in [5.74, 6) is -0.337. The minimum atomic E-state index is -0.681. The van der Waals surface area contributed by atoms with E-state index in [1.54, 1.807) is 13.8 Å². The Balaban J connectivity index is 0.00000289. The highest BCUT2D eigenvalue weighted by Gasteiger charge is 2.30. The van der Waals surface area contributed by atoms with Gasteiger partial charge in [0.1, 0.15) is 0 Å². The molecule has 0 spiro atoms. The van der Waals surface area contributed by atoms with Gasteiger partial charge >= 0.3 is 5.97 Å². The number of piperidine rings is 1. The molecule has 6 heteroatoms. The molecule has 5 nitrogen and oxygen atoms in total. The quantitative estimate of drug-likeness (QED) is 0.749. The van der Waals surface area contributed by atoms with Crippen molar-refractivity contribution in [3.05, 3.63) is 0 Å². The van der Waals surface area contributed by atoms with Crippen molar-refractivity contribution < 1.29 is 14.3 Å². The van der Waals surface area contributed by atoms with Crippen LogP contribution in [0, 0.1) is 5.41 Å². The summed E-state index contributed by atoms with van der Waals surface area (Å²) in [5, 5.41) is 5.98. The van der Waals surface area contributed by atoms with Crippen LogP contribution in [-0.4, -0.2) is 38.1 Å². The Bertz CT molecular complexity index is 289. The molecule has 1 amide bonds. The maximum absolute atomic E-state index is 11.8. The van der Waals surface area contributed by atoms with Crippen LogP contribution < -0.4 is 10.6 Å². The third kappa shape index (κ3) is 4.82. The van der Waals surface area contributed by atoms with Crippen molar-refractivity contribution in [3.8, 4) is 0 Å². The third-order valence-corrected chi connectivity index (χ3v) is 3.07. The fourth-order valence-corrected chi connectivity index (χ4v) is 1.86. The monoisotopic (exact) mass is 278 g/mol. The predicted molar refractivity (Wildman–Crippen MR) is 71.7 cm³/mol. The van der Waals surface area contributed by atoms with E-state index in [1.807, 2.05) is 0 Å². The molecule has 0 aromatic carbocycles. The molecule has 1 saturated heterocycles. The SMILES string of the molecule is COC(=O)C(C)(C)CNC(=O)[C@@H]1CCCCN1.Cl. The van der Waals surface area contributed by atoms with Gasteiger partial charge in [-0.3, -0.25) is 9.59 Å². The highest BCUT2D eigenvalue weighted by molar-refractivity contribution is 5.85. The molecule has 1 aliphatic heterocycles. The molecule has 1 aliphatic rings. The molecule has 1 rings (SSSR count). The molecule has 0 saturated carbocycles. The van der Waals surface area contributed by atoms with Crippen LogP contribution in [0.3, 0.4) is 0 Å². The first kappa shape index (κ1) is 17.2. The van der Waals surface area contributed by atoms with Gasteiger partial charge in [0.25, 0.3) is 0 Å². The highest BCUT2D eigenvalue weighted by atomic mass is 35.5. The lowest BCUT2D eigenvalue weighted by molar-refractivity contribution is -0.150. The summed E-state index contributed by atoms with van der Waals surface area (Å²) in [6, 6.07) is -0.114. The van der Waals surface area contributed by atoms with E-state index in [0.717, 1.165) is 25.8 Å². The standard InChI is InChI=1S/C12H22N2O3.ClH/c1-12(2,11(16)17-3)8-14-10(15)9-6-4-5-7-13-9;/h9,13H,4-8H2,1-3H3,(H,14,15);1H/t9-;/m0./s1. The molecule has 0 radical (unpaired) electrons. The van der Waals surface area contributed by atoms with E-state index in [-0.39, 0.29) is 30.3 Å². The lowest BCUT2D eigenvalue weighted by Crippen LogP contribution is -2.49. The molecule has 106 valence electrons. The van der Waals surface area contributed by atoms with Gasteiger partial charge in [-0.1, -0.05) is 6.42 Å². The topological polar surface area (TPSA) is 67.4 Å². The summed E-state index contributed by atoms with van der Waals surface area (Å²) < 4.78 is 4.69. The molecule has 0 aromatic heterocycles. The molecular weight excluding hydrogens is 256 g/mol. The van der Waals surface area contributed by atoms with E-state index in [1.165, 1.54) is 7.11 Å². The Morgan fingerprint density at radius 2 is 2.06 bits per heavy atom. The van der Waals surface area contributed by atoms with Crippen LogP contribution in [0.25, 0.3) is 0 Å². The van der Waals surface area contributed by atoms with Gasteiger partial charge < -0.3 is 15.4 Å². The second-order valence-corrected chi connectivity index (χ2v) is 5.10. The van der Waals surface area contributed by atoms with Crippen molar-refractivity contribution >= 4 is 24.3 Å². The number of methoxy groups -OCH3 is 1. The molecule has 0 aromatic rings. The van der Waals surface area contributed by atoms with Gasteiger partial charge in [0.15, 0.2) is 0 Å². The number of amides is 1. The van der Waals surface area contributed by atoms with Crippen molar-refractivity contribution in [1.29, 1.82) is 0 Å². The van der Waals surface area contributed by atoms with Crippen molar-refractivity contribution in [3.63, 3.8) is 0 Å². The third-order valence-electron chi connectivity index (χ3n) is 3.07. The number of ether oxygens (including phenoxy) is 1. The van der Waals surface area contributed by atoms with Gasteiger partial charge in [-0.2, -0.15) is 0 Å². The molecule has 18 heavy (non-hydrogen) atoms. The van der Waals surface area contributed by atoms with Crippen LogP contribution in [0.2, 0.25) is 0 Å². The first-order valence-electron chi connectivity index (χ1n) is 6.07. The normalized spacial score (nSPS) is 19.6. The fraction of sp³-hybridized carbons (Fsp3) is 0.833. The van der Waals surface area contributed by atoms with E-state index in [2.05, 4.69) is 15.4 Å². The van der Waals surface area contributed by atoms with Crippen LogP contribution >= 0.6 is 12.4 Å². The number of hydrogen-bond donors (Lipinski definition) is 2. The second-order valence-electron chi connectivity index (χ2n) is 5.10. The summed E-state index contributed by atoms with van der Waals surface area (Å²) in [5.41, 5.74) is -0.681. The first-order chi connectivity index (χ1) is 7.97. The number of nitrogens with one attached hydrogen (secondary N) is 2. The van der Waals surface area contributed by atoms with Gasteiger partial charge in [-0.25, -0.2) is 0 Å². The Morgan fingerprint density at radius 3 is 2.56 bits per heavy atom. The molecule has 1 atom stereocenters. The average molecular weight is 279 g/mol. The first-order valence-corrected chi connectivity index (χ1v) is 6.07. The zero-order valence-corrected chi connectivity index (χ0v) is 12.1. The molecule has 0 bridgehead atoms. The number of rotatable bonds is 4. The smallest absolute Gasteiger partial charge is 0.313 e. The van der Waals surface area contributed by atoms with E-state index < -0.39 is 5.41 Å². The Labute approximate surface area is 114 Å². The Hall–Kier alpha value is -0.810. The van der Waals surface area contributed by atoms with Crippen LogP contribution in [0.1, 0.15) is 33.1 Å². The zero-order valence-electron chi connectivity index (χ0n) is 11.2. The van der Waals surface area contributed by atoms with Crippen molar-refractivity contribution in [1.82, 2.24) is 10.6 Å². The molecule has 1 heterocycles. The number of halogens is 1. The van der Waals surface area contributed by atoms with Gasteiger partial charge in [-0.05, 0) is 33.2 Å². The minimum absolute atomic E-state index is 0. The van der Waals surface area contributed by atoms with Gasteiger partial charge in [-0.15, -0.1) is 12.4 Å². The molecule has 1 fully saturated rings. The fourth-order valence-electron chi connectivity index (χ4n) is 1.86. The van der Waals surface area contributed by atoms with E-state index in [4.69, 9.17) is 0 Å². The average Bonchev–Trinajstić information content (AvgIpc) is 2.36. The van der Waals surface area contributed by atoms with Crippen molar-refractivity contribution in [2.75, 3.05) is 20.2 Å². The van der Waals surface area contributed by atoms with Crippen molar-refractivity contribution in [2.45, 2.75) is 39.2 Å². The molecule has 0 aliphatic carbocycles. The maximum atomic E-state index is 11.8. The molecule has 0 unspecified atom stereocenters. The minimum Gasteiger partial charge on any atom is -0.469 e. The summed E-state index contributed by atoms with van der Waals surface area (Å²) >= 11 is 0. The number of hydrogen-bond acceptors (Lipinski definition) is 4. The molecular formula is C12H23ClN2O3. The number of esters is 1. The van der Waals surface area contributed by atoms with E-state index in [9.17, 15) is 9.59 Å². The van der Waals surface area contributed by atoms with Crippen LogP contribution in [0.15, 0.2) is 0 Å². The Morgan fingerprint density at radius 1 is 1.39 bits per heavy atom. The van der Waals surface area contributed by atoms with E-state index in [0.29, 0.717) is 6.54 Å². The summed E-state index contributed by atoms with van der Waals surface area (Å²) in [7, 11) is 1.36. The second kappa shape index (κ2) is 7.59. The predicted octanol–water partition coefficient (Wildman–Crippen LogP) is 0.866. The molecule has 2 N–H and O–H groups in total. The van der Waals surface area contributed by atoms with Crippen LogP contribution in [-0.2, 0) is 14.3 Å². The van der Waals surface area contributed by atoms with E-state index >= 15 is 0 Å². The number of carbonyl (C=O) groups excluding carboxylic acids is 2. The lowest BCUT2D eigenvalue weighted by Gasteiger charge is -2.26. The summed E-state index contributed by atoms with van der Waals surface area (Å²) in [6.07, 6.45) is 3.06. The Kier molecular flexibility index (Phi) is 7.25. The zero-order chi connectivity index (χ0) is 12.9. The highest BCUT2D eigenvalue weighted by Crippen LogP contribution is 2.15. The number of carbonyl (C=O) groups is 2. The van der Waals surface area contributed by atoms with Gasteiger partial charge in [0, 0.05) is 6.54 Å². The van der Waals surface area contributed by atoms with Gasteiger partial charge in [0.05, 0.1) is 18.6 Å². The van der Waals surface area contributed by atoms with Crippen LogP contribution in [0.4, 0.5) is 0 Å². The van der Waals surface area contributed by atoms with Gasteiger partial charge in [0.2, 0.25) is 5.91 Å². The van der Waals surface area contributed by atoms with Crippen molar-refractivity contribution in [2.24, 2.45) is 5.41 Å². The maximum Gasteiger partial charge on any atom is 0.313 e. The largest absolute Gasteiger partial charge is 0.469 e. The summed E-state index contributed by atoms with van der Waals surface area (Å²) in [4.78, 5) is 23.3. The van der Waals surface area contributed by atoms with Crippen LogP contribution in [0.5, 0.6) is 0 Å². The lowest BCUT2D eigenvalue weighted by atomic mass is 9.93. The summed E-state index contributed by atoms with van der Waals surface area (Å²) in [6.45, 7) is 4.70.